The normalized spacial score (nSPS) is 10.3. The fourth-order valence-corrected chi connectivity index (χ4v) is 1.54. The third kappa shape index (κ3) is 4.34. The second-order valence-electron chi connectivity index (χ2n) is 3.62. The number of aryl methyl sites for hydroxylation is 1. The highest BCUT2D eigenvalue weighted by Gasteiger charge is 2.01. The van der Waals surface area contributed by atoms with Crippen molar-refractivity contribution in [2.24, 2.45) is 0 Å². The molecule has 2 heteroatoms. The Morgan fingerprint density at radius 2 is 1.93 bits per heavy atom. The molecule has 84 valence electrons. The summed E-state index contributed by atoms with van der Waals surface area (Å²) < 4.78 is 10.4. The Morgan fingerprint density at radius 3 is 2.67 bits per heavy atom. The molecule has 0 fully saturated rings. The van der Waals surface area contributed by atoms with Gasteiger partial charge in [-0.3, -0.25) is 0 Å². The van der Waals surface area contributed by atoms with Crippen LogP contribution in [0.5, 0.6) is 5.75 Å². The fraction of sp³-hybridized carbons (Fsp3) is 0.538. The van der Waals surface area contributed by atoms with Gasteiger partial charge in [0.25, 0.3) is 0 Å². The van der Waals surface area contributed by atoms with Crippen LogP contribution in [0.25, 0.3) is 0 Å². The Kier molecular flexibility index (Phi) is 5.86. The molecule has 0 bridgehead atoms. The van der Waals surface area contributed by atoms with Crippen molar-refractivity contribution in [3.8, 4) is 5.75 Å². The van der Waals surface area contributed by atoms with Crippen LogP contribution < -0.4 is 4.74 Å². The number of para-hydroxylation sites is 1. The standard InChI is InChI=1S/C13H20O2/c1-3-4-5-8-12-9-6-7-10-13(12)15-11-14-2/h6-7,9-10H,3-5,8,11H2,1-2H3. The van der Waals surface area contributed by atoms with Crippen LogP contribution in [0.15, 0.2) is 24.3 Å². The molecule has 0 aliphatic heterocycles. The first-order chi connectivity index (χ1) is 7.38. The molecule has 0 N–H and O–H groups in total. The molecule has 0 aliphatic rings. The third-order valence-corrected chi connectivity index (χ3v) is 2.35. The maximum Gasteiger partial charge on any atom is 0.188 e. The van der Waals surface area contributed by atoms with Crippen molar-refractivity contribution in [1.29, 1.82) is 0 Å². The lowest BCUT2D eigenvalue weighted by Gasteiger charge is -2.10. The van der Waals surface area contributed by atoms with Gasteiger partial charge in [-0.05, 0) is 24.5 Å². The van der Waals surface area contributed by atoms with Crippen molar-refractivity contribution in [3.63, 3.8) is 0 Å². The van der Waals surface area contributed by atoms with Crippen LogP contribution >= 0.6 is 0 Å². The van der Waals surface area contributed by atoms with Gasteiger partial charge in [0, 0.05) is 7.11 Å². The molecule has 0 saturated heterocycles. The molecule has 1 rings (SSSR count). The van der Waals surface area contributed by atoms with Crippen LogP contribution in [-0.4, -0.2) is 13.9 Å². The van der Waals surface area contributed by atoms with E-state index in [0.29, 0.717) is 6.79 Å². The molecular weight excluding hydrogens is 188 g/mol. The summed E-state index contributed by atoms with van der Waals surface area (Å²) in [7, 11) is 1.64. The topological polar surface area (TPSA) is 18.5 Å². The van der Waals surface area contributed by atoms with Crippen molar-refractivity contribution in [1.82, 2.24) is 0 Å². The molecule has 0 amide bonds. The van der Waals surface area contributed by atoms with Gasteiger partial charge in [-0.2, -0.15) is 0 Å². The summed E-state index contributed by atoms with van der Waals surface area (Å²) in [6.45, 7) is 2.54. The Bertz CT molecular complexity index is 271. The van der Waals surface area contributed by atoms with Crippen molar-refractivity contribution >= 4 is 0 Å². The van der Waals surface area contributed by atoms with Crippen LogP contribution in [0, 0.1) is 0 Å². The third-order valence-electron chi connectivity index (χ3n) is 2.35. The van der Waals surface area contributed by atoms with Gasteiger partial charge in [0.05, 0.1) is 0 Å². The molecule has 0 saturated carbocycles. The molecular formula is C13H20O2. The van der Waals surface area contributed by atoms with Gasteiger partial charge in [0.15, 0.2) is 6.79 Å². The summed E-state index contributed by atoms with van der Waals surface area (Å²) in [6, 6.07) is 8.18. The number of hydrogen-bond donors (Lipinski definition) is 0. The quantitative estimate of drug-likeness (QED) is 0.505. The SMILES string of the molecule is CCCCCc1ccccc1OCOC. The monoisotopic (exact) mass is 208 g/mol. The number of benzene rings is 1. The van der Waals surface area contributed by atoms with E-state index < -0.39 is 0 Å². The summed E-state index contributed by atoms with van der Waals surface area (Å²) in [4.78, 5) is 0. The van der Waals surface area contributed by atoms with Crippen molar-refractivity contribution in [3.05, 3.63) is 29.8 Å². The number of unbranched alkanes of at least 4 members (excludes halogenated alkanes) is 2. The van der Waals surface area contributed by atoms with E-state index in [1.165, 1.54) is 24.8 Å². The fourth-order valence-electron chi connectivity index (χ4n) is 1.54. The van der Waals surface area contributed by atoms with E-state index in [-0.39, 0.29) is 0 Å². The lowest BCUT2D eigenvalue weighted by molar-refractivity contribution is 0.0504. The largest absolute Gasteiger partial charge is 0.467 e. The second kappa shape index (κ2) is 7.30. The molecule has 0 radical (unpaired) electrons. The van der Waals surface area contributed by atoms with E-state index in [1.807, 2.05) is 12.1 Å². The van der Waals surface area contributed by atoms with Gasteiger partial charge < -0.3 is 9.47 Å². The highest BCUT2D eigenvalue weighted by atomic mass is 16.7. The zero-order valence-corrected chi connectivity index (χ0v) is 9.66. The van der Waals surface area contributed by atoms with Crippen molar-refractivity contribution in [2.45, 2.75) is 32.6 Å². The summed E-state index contributed by atoms with van der Waals surface area (Å²) in [6.07, 6.45) is 4.84. The van der Waals surface area contributed by atoms with Gasteiger partial charge in [0.2, 0.25) is 0 Å². The van der Waals surface area contributed by atoms with E-state index in [1.54, 1.807) is 7.11 Å². The van der Waals surface area contributed by atoms with E-state index in [2.05, 4.69) is 19.1 Å². The molecule has 0 unspecified atom stereocenters. The van der Waals surface area contributed by atoms with Crippen LogP contribution in [0.3, 0.4) is 0 Å². The van der Waals surface area contributed by atoms with Crippen molar-refractivity contribution < 1.29 is 9.47 Å². The lowest BCUT2D eigenvalue weighted by Crippen LogP contribution is -2.01. The Morgan fingerprint density at radius 1 is 1.13 bits per heavy atom. The summed E-state index contributed by atoms with van der Waals surface area (Å²) >= 11 is 0. The summed E-state index contributed by atoms with van der Waals surface area (Å²) in [5, 5.41) is 0. The summed E-state index contributed by atoms with van der Waals surface area (Å²) in [5.41, 5.74) is 1.28. The molecule has 2 nitrogen and oxygen atoms in total. The minimum atomic E-state index is 0.324. The number of methoxy groups -OCH3 is 1. The number of rotatable bonds is 7. The Labute approximate surface area is 92.2 Å². The number of ether oxygens (including phenoxy) is 2. The van der Waals surface area contributed by atoms with Gasteiger partial charge in [-0.1, -0.05) is 38.0 Å². The van der Waals surface area contributed by atoms with Gasteiger partial charge in [0.1, 0.15) is 5.75 Å². The maximum absolute atomic E-state index is 5.49. The molecule has 0 aliphatic carbocycles. The average Bonchev–Trinajstić information content (AvgIpc) is 2.28. The highest BCUT2D eigenvalue weighted by molar-refractivity contribution is 5.33. The van der Waals surface area contributed by atoms with E-state index >= 15 is 0 Å². The first-order valence-electron chi connectivity index (χ1n) is 5.58. The minimum absolute atomic E-state index is 0.324. The smallest absolute Gasteiger partial charge is 0.188 e. The molecule has 15 heavy (non-hydrogen) atoms. The number of hydrogen-bond acceptors (Lipinski definition) is 2. The van der Waals surface area contributed by atoms with Crippen LogP contribution in [0.2, 0.25) is 0 Å². The van der Waals surface area contributed by atoms with Gasteiger partial charge in [-0.15, -0.1) is 0 Å². The second-order valence-corrected chi connectivity index (χ2v) is 3.62. The zero-order valence-electron chi connectivity index (χ0n) is 9.66. The molecule has 1 aromatic carbocycles. The predicted octanol–water partition coefficient (Wildman–Crippen LogP) is 3.40. The Balaban J connectivity index is 2.52. The van der Waals surface area contributed by atoms with E-state index in [4.69, 9.17) is 9.47 Å². The Hall–Kier alpha value is -1.02. The highest BCUT2D eigenvalue weighted by Crippen LogP contribution is 2.20. The van der Waals surface area contributed by atoms with Gasteiger partial charge in [-0.25, -0.2) is 0 Å². The van der Waals surface area contributed by atoms with Gasteiger partial charge >= 0.3 is 0 Å². The van der Waals surface area contributed by atoms with E-state index in [0.717, 1.165) is 12.2 Å². The molecule has 0 spiro atoms. The first kappa shape index (κ1) is 12.1. The maximum atomic E-state index is 5.49. The minimum Gasteiger partial charge on any atom is -0.467 e. The van der Waals surface area contributed by atoms with Crippen molar-refractivity contribution in [2.75, 3.05) is 13.9 Å². The molecule has 0 atom stereocenters. The lowest BCUT2D eigenvalue weighted by atomic mass is 10.1. The summed E-state index contributed by atoms with van der Waals surface area (Å²) in [5.74, 6) is 0.954. The molecule has 1 aromatic rings. The molecule has 0 heterocycles. The predicted molar refractivity (Wildman–Crippen MR) is 62.2 cm³/mol. The van der Waals surface area contributed by atoms with E-state index in [9.17, 15) is 0 Å². The average molecular weight is 208 g/mol. The zero-order chi connectivity index (χ0) is 10.9. The first-order valence-corrected chi connectivity index (χ1v) is 5.58. The molecule has 0 aromatic heterocycles. The van der Waals surface area contributed by atoms with Crippen LogP contribution in [0.1, 0.15) is 31.7 Å². The van der Waals surface area contributed by atoms with Crippen LogP contribution in [-0.2, 0) is 11.2 Å². The van der Waals surface area contributed by atoms with Crippen LogP contribution in [0.4, 0.5) is 0 Å².